The van der Waals surface area contributed by atoms with E-state index in [1.807, 2.05) is 48.5 Å². The summed E-state index contributed by atoms with van der Waals surface area (Å²) in [5, 5.41) is 18.6. The van der Waals surface area contributed by atoms with Crippen LogP contribution < -0.4 is 32.3 Å². The number of nitrogens with two attached hydrogens (primary N) is 3. The Labute approximate surface area is 342 Å². The topological polar surface area (TPSA) is 205 Å². The number of nitrogens with zero attached hydrogens (tertiary/aromatic N) is 8. The lowest BCUT2D eigenvalue weighted by atomic mass is 9.97. The van der Waals surface area contributed by atoms with Gasteiger partial charge in [0.2, 0.25) is 11.9 Å². The maximum atomic E-state index is 13.3. The average Bonchev–Trinajstić information content (AvgIpc) is 3.91. The van der Waals surface area contributed by atoms with Crippen molar-refractivity contribution < 1.29 is 8.78 Å². The molecule has 10 rings (SSSR count). The molecule has 9 N–H and O–H groups in total. The lowest BCUT2D eigenvalue weighted by Crippen LogP contribution is -2.42. The van der Waals surface area contributed by atoms with Gasteiger partial charge in [-0.05, 0) is 71.5 Å². The van der Waals surface area contributed by atoms with Crippen molar-refractivity contribution >= 4 is 62.8 Å². The van der Waals surface area contributed by atoms with Crippen molar-refractivity contribution in [2.75, 3.05) is 39.7 Å². The predicted molar refractivity (Wildman–Crippen MR) is 228 cm³/mol. The van der Waals surface area contributed by atoms with Crippen LogP contribution in [0.2, 0.25) is 5.15 Å². The molecular weight excluding hydrogens is 774 g/mol. The molecule has 2 aliphatic rings. The van der Waals surface area contributed by atoms with Crippen LogP contribution in [0.25, 0.3) is 22.1 Å². The van der Waals surface area contributed by atoms with Crippen molar-refractivity contribution in [1.29, 1.82) is 0 Å². The molecule has 0 bridgehead atoms. The molecule has 0 saturated carbocycles. The molecule has 59 heavy (non-hydrogen) atoms. The number of benzene rings is 4. The molecule has 2 aliphatic heterocycles. The number of fused-ring (bicyclic) bond motifs is 4. The number of para-hydroxylation sites is 2. The summed E-state index contributed by atoms with van der Waals surface area (Å²) in [5.41, 5.74) is 25.6. The van der Waals surface area contributed by atoms with Crippen LogP contribution in [-0.4, -0.2) is 65.5 Å². The van der Waals surface area contributed by atoms with Gasteiger partial charge in [-0.25, -0.2) is 13.8 Å². The quantitative estimate of drug-likeness (QED) is 0.101. The second-order valence-electron chi connectivity index (χ2n) is 14.3. The van der Waals surface area contributed by atoms with Gasteiger partial charge in [-0.3, -0.25) is 10.2 Å². The van der Waals surface area contributed by atoms with Gasteiger partial charge in [0.15, 0.2) is 11.3 Å². The standard InChI is InChI=1S/C21H20FN7.C16H17FN2.C5H4ClN5/c22-15-7-5-13(6-8-15)11-29-12-16(9-14-3-1-2-4-18(14)29)25-19-17-10-24-28-20(17)27-21(23)26-19;17-14-7-5-12(6-8-14)10-19-11-15(18)9-13-3-1-2-4-16(13)19;6-3-2-1-8-11-4(2)10-5(7)9-3/h1-8,10,16H,9,11-12H2,(H4,23,24,25,26,27,28);1-8,15H,9-11,18H2;1H,(H3,7,8,9,10,11)/t16-;15-;/m00./s1. The summed E-state index contributed by atoms with van der Waals surface area (Å²) in [7, 11) is 0. The van der Waals surface area contributed by atoms with Crippen LogP contribution in [0.4, 0.5) is 37.9 Å². The van der Waals surface area contributed by atoms with Gasteiger partial charge < -0.3 is 32.3 Å². The Kier molecular flexibility index (Phi) is 11.4. The molecule has 0 fully saturated rings. The summed E-state index contributed by atoms with van der Waals surface area (Å²) in [6, 6.07) is 30.3. The van der Waals surface area contributed by atoms with Crippen LogP contribution in [0, 0.1) is 11.6 Å². The van der Waals surface area contributed by atoms with E-state index in [9.17, 15) is 8.78 Å². The highest BCUT2D eigenvalue weighted by molar-refractivity contribution is 6.34. The van der Waals surface area contributed by atoms with Crippen LogP contribution in [-0.2, 0) is 25.9 Å². The van der Waals surface area contributed by atoms with E-state index in [0.29, 0.717) is 34.2 Å². The van der Waals surface area contributed by atoms with Crippen LogP contribution in [0.15, 0.2) is 109 Å². The number of H-pyrrole nitrogens is 2. The molecule has 300 valence electrons. The second-order valence-corrected chi connectivity index (χ2v) is 14.7. The average molecular weight is 815 g/mol. The van der Waals surface area contributed by atoms with Crippen LogP contribution in [0.5, 0.6) is 0 Å². The lowest BCUT2D eigenvalue weighted by Gasteiger charge is -2.37. The van der Waals surface area contributed by atoms with E-state index >= 15 is 0 Å². The zero-order chi connectivity index (χ0) is 40.9. The Hall–Kier alpha value is -6.91. The van der Waals surface area contributed by atoms with Gasteiger partial charge in [-0.2, -0.15) is 25.1 Å². The number of hydrogen-bond acceptors (Lipinski definition) is 12. The highest BCUT2D eigenvalue weighted by atomic mass is 35.5. The number of halogens is 3. The van der Waals surface area contributed by atoms with Gasteiger partial charge in [-0.1, -0.05) is 72.3 Å². The first kappa shape index (κ1) is 38.9. The van der Waals surface area contributed by atoms with Crippen molar-refractivity contribution in [2.24, 2.45) is 5.73 Å². The van der Waals surface area contributed by atoms with Gasteiger partial charge >= 0.3 is 0 Å². The summed E-state index contributed by atoms with van der Waals surface area (Å²) < 4.78 is 26.2. The highest BCUT2D eigenvalue weighted by Crippen LogP contribution is 2.31. The number of aromatic nitrogens is 8. The van der Waals surface area contributed by atoms with Crippen molar-refractivity contribution in [3.8, 4) is 0 Å². The third-order valence-corrected chi connectivity index (χ3v) is 10.3. The third kappa shape index (κ3) is 9.29. The monoisotopic (exact) mass is 814 g/mol. The number of nitrogen functional groups attached to an aromatic ring is 2. The Bertz CT molecular complexity index is 2670. The lowest BCUT2D eigenvalue weighted by molar-refractivity contribution is 0.597. The highest BCUT2D eigenvalue weighted by Gasteiger charge is 2.26. The Morgan fingerprint density at radius 3 is 1.76 bits per heavy atom. The summed E-state index contributed by atoms with van der Waals surface area (Å²) in [6.07, 6.45) is 5.04. The van der Waals surface area contributed by atoms with Crippen LogP contribution >= 0.6 is 11.6 Å². The number of anilines is 5. The Morgan fingerprint density at radius 2 is 1.15 bits per heavy atom. The van der Waals surface area contributed by atoms with Crippen molar-refractivity contribution in [2.45, 2.75) is 38.0 Å². The molecule has 17 heteroatoms. The maximum absolute atomic E-state index is 13.3. The maximum Gasteiger partial charge on any atom is 0.224 e. The van der Waals surface area contributed by atoms with Gasteiger partial charge in [0.1, 0.15) is 22.6 Å². The molecule has 0 unspecified atom stereocenters. The minimum atomic E-state index is -0.224. The minimum Gasteiger partial charge on any atom is -0.368 e. The smallest absolute Gasteiger partial charge is 0.224 e. The number of nitrogens with one attached hydrogen (secondary N) is 3. The summed E-state index contributed by atoms with van der Waals surface area (Å²) in [6.45, 7) is 3.08. The molecule has 0 amide bonds. The molecule has 4 aromatic heterocycles. The molecule has 0 saturated heterocycles. The third-order valence-electron chi connectivity index (χ3n) is 10.0. The number of rotatable bonds is 6. The van der Waals surface area contributed by atoms with Gasteiger partial charge in [0.05, 0.1) is 23.2 Å². The van der Waals surface area contributed by atoms with Crippen molar-refractivity contribution in [3.63, 3.8) is 0 Å². The Morgan fingerprint density at radius 1 is 0.644 bits per heavy atom. The summed E-state index contributed by atoms with van der Waals surface area (Å²) in [4.78, 5) is 20.7. The molecule has 0 radical (unpaired) electrons. The van der Waals surface area contributed by atoms with Crippen LogP contribution in [0.1, 0.15) is 22.3 Å². The first-order valence-corrected chi connectivity index (χ1v) is 19.3. The predicted octanol–water partition coefficient (Wildman–Crippen LogP) is 6.42. The van der Waals surface area contributed by atoms with E-state index < -0.39 is 0 Å². The summed E-state index contributed by atoms with van der Waals surface area (Å²) in [5.74, 6) is 0.597. The van der Waals surface area contributed by atoms with Gasteiger partial charge in [-0.15, -0.1) is 0 Å². The molecule has 0 spiro atoms. The largest absolute Gasteiger partial charge is 0.368 e. The first-order valence-electron chi connectivity index (χ1n) is 18.9. The van der Waals surface area contributed by atoms with E-state index in [1.54, 1.807) is 12.4 Å². The SMILES string of the molecule is N[C@H]1Cc2ccccc2N(Cc2ccc(F)cc2)C1.Nc1nc(Cl)c2cn[nH]c2n1.Nc1nc(N[C@H]2Cc3ccccc3N(Cc3ccc(F)cc3)C2)c2cn[nH]c2n1. The van der Waals surface area contributed by atoms with Gasteiger partial charge in [0.25, 0.3) is 0 Å². The van der Waals surface area contributed by atoms with Gasteiger partial charge in [0, 0.05) is 49.6 Å². The fourth-order valence-corrected chi connectivity index (χ4v) is 7.62. The van der Waals surface area contributed by atoms with E-state index in [0.717, 1.165) is 49.0 Å². The van der Waals surface area contributed by atoms with E-state index in [1.165, 1.54) is 46.8 Å². The van der Waals surface area contributed by atoms with Crippen LogP contribution in [0.3, 0.4) is 0 Å². The van der Waals surface area contributed by atoms with E-state index in [4.69, 9.17) is 28.8 Å². The molecule has 2 atom stereocenters. The molecule has 6 heterocycles. The molecule has 4 aromatic carbocycles. The zero-order valence-corrected chi connectivity index (χ0v) is 32.5. The summed E-state index contributed by atoms with van der Waals surface area (Å²) >= 11 is 5.71. The normalized spacial score (nSPS) is 15.7. The van der Waals surface area contributed by atoms with Crippen molar-refractivity contribution in [3.05, 3.63) is 148 Å². The zero-order valence-electron chi connectivity index (χ0n) is 31.7. The molecular formula is C42H41ClF2N14. The van der Waals surface area contributed by atoms with Crippen molar-refractivity contribution in [1.82, 2.24) is 40.3 Å². The van der Waals surface area contributed by atoms with E-state index in [-0.39, 0.29) is 35.6 Å². The molecule has 0 aliphatic carbocycles. The fourth-order valence-electron chi connectivity index (χ4n) is 7.39. The molecule has 14 nitrogen and oxygen atoms in total. The van der Waals surface area contributed by atoms with E-state index in [2.05, 4.69) is 79.7 Å². The molecule has 8 aromatic rings. The first-order chi connectivity index (χ1) is 28.6. The number of hydrogen-bond donors (Lipinski definition) is 6. The fraction of sp³-hybridized carbons (Fsp3) is 0.190. The second kappa shape index (κ2) is 17.3. The Balaban J connectivity index is 0.000000137. The number of aromatic amines is 2. The minimum absolute atomic E-state index is 0.123.